The molecule has 0 heterocycles. The first-order valence-corrected chi connectivity index (χ1v) is 5.90. The van der Waals surface area contributed by atoms with E-state index in [0.29, 0.717) is 12.0 Å². The summed E-state index contributed by atoms with van der Waals surface area (Å²) >= 11 is 2.95. The Morgan fingerprint density at radius 1 is 1.38 bits per heavy atom. The monoisotopic (exact) mass is 289 g/mol. The van der Waals surface area contributed by atoms with Crippen LogP contribution in [0.1, 0.15) is 24.8 Å². The summed E-state index contributed by atoms with van der Waals surface area (Å²) in [6, 6.07) is 1.15. The van der Waals surface area contributed by atoms with E-state index in [9.17, 15) is 14.6 Å². The van der Waals surface area contributed by atoms with Crippen molar-refractivity contribution in [1.29, 1.82) is 0 Å². The average molecular weight is 290 g/mol. The van der Waals surface area contributed by atoms with Gasteiger partial charge in [-0.3, -0.25) is 0 Å². The van der Waals surface area contributed by atoms with Gasteiger partial charge in [0, 0.05) is 5.54 Å². The average Bonchev–Trinajstić information content (AvgIpc) is 2.98. The smallest absolute Gasteiger partial charge is 0.169 e. The van der Waals surface area contributed by atoms with Crippen LogP contribution in [0.4, 0.5) is 4.39 Å². The van der Waals surface area contributed by atoms with Crippen molar-refractivity contribution in [3.8, 4) is 11.5 Å². The predicted molar refractivity (Wildman–Crippen MR) is 61.9 cm³/mol. The Hall–Kier alpha value is -0.810. The molecule has 0 spiro atoms. The molecule has 88 valence electrons. The van der Waals surface area contributed by atoms with Gasteiger partial charge in [0.25, 0.3) is 0 Å². The van der Waals surface area contributed by atoms with E-state index in [1.807, 2.05) is 0 Å². The van der Waals surface area contributed by atoms with E-state index >= 15 is 0 Å². The van der Waals surface area contributed by atoms with E-state index in [1.54, 1.807) is 0 Å². The second kappa shape index (κ2) is 3.89. The lowest BCUT2D eigenvalue weighted by molar-refractivity contribution is 0.409. The van der Waals surface area contributed by atoms with E-state index in [2.05, 4.69) is 15.9 Å². The molecular weight excluding hydrogens is 277 g/mol. The van der Waals surface area contributed by atoms with E-state index < -0.39 is 11.6 Å². The summed E-state index contributed by atoms with van der Waals surface area (Å²) in [7, 11) is 0. The van der Waals surface area contributed by atoms with Crippen LogP contribution in [0.3, 0.4) is 0 Å². The molecule has 5 heteroatoms. The Labute approximate surface area is 101 Å². The fraction of sp³-hybridized carbons (Fsp3) is 0.455. The molecule has 1 aliphatic rings. The Morgan fingerprint density at radius 2 is 2.00 bits per heavy atom. The Bertz CT molecular complexity index is 432. The molecule has 0 saturated heterocycles. The molecule has 1 fully saturated rings. The van der Waals surface area contributed by atoms with Gasteiger partial charge in [-0.05, 0) is 53.2 Å². The quantitative estimate of drug-likeness (QED) is 0.801. The maximum absolute atomic E-state index is 13.2. The molecule has 3 nitrogen and oxygen atoms in total. The maximum Gasteiger partial charge on any atom is 0.169 e. The lowest BCUT2D eigenvalue weighted by Crippen LogP contribution is -2.22. The number of hydrogen-bond acceptors (Lipinski definition) is 3. The summed E-state index contributed by atoms with van der Waals surface area (Å²) in [6.07, 6.45) is 3.19. The number of rotatable bonds is 3. The van der Waals surface area contributed by atoms with Crippen LogP contribution in [0.5, 0.6) is 11.5 Å². The highest BCUT2D eigenvalue weighted by Gasteiger charge is 2.37. The summed E-state index contributed by atoms with van der Waals surface area (Å²) in [5.41, 5.74) is 6.25. The second-order valence-corrected chi connectivity index (χ2v) is 5.18. The molecular formula is C11H13BrFNO2. The largest absolute Gasteiger partial charge is 0.506 e. The van der Waals surface area contributed by atoms with Crippen LogP contribution < -0.4 is 5.73 Å². The number of phenols is 2. The topological polar surface area (TPSA) is 66.5 Å². The molecule has 1 aromatic carbocycles. The molecule has 1 saturated carbocycles. The normalized spacial score (nSPS) is 17.4. The van der Waals surface area contributed by atoms with Gasteiger partial charge in [0.1, 0.15) is 10.2 Å². The van der Waals surface area contributed by atoms with Gasteiger partial charge in [0.2, 0.25) is 0 Å². The van der Waals surface area contributed by atoms with Gasteiger partial charge in [-0.1, -0.05) is 0 Å². The molecule has 2 rings (SSSR count). The SMILES string of the molecule is NC1(CCc2cc(F)c(O)c(Br)c2O)CC1. The summed E-state index contributed by atoms with van der Waals surface area (Å²) in [5, 5.41) is 19.0. The first kappa shape index (κ1) is 11.7. The second-order valence-electron chi connectivity index (χ2n) is 4.39. The minimum absolute atomic E-state index is 0.00404. The highest BCUT2D eigenvalue weighted by atomic mass is 79.9. The van der Waals surface area contributed by atoms with Crippen molar-refractivity contribution in [2.45, 2.75) is 31.2 Å². The first-order chi connectivity index (χ1) is 7.43. The molecule has 16 heavy (non-hydrogen) atoms. The summed E-state index contributed by atoms with van der Waals surface area (Å²) < 4.78 is 13.2. The molecule has 0 unspecified atom stereocenters. The number of nitrogens with two attached hydrogens (primary N) is 1. The van der Waals surface area contributed by atoms with Crippen LogP contribution in [-0.4, -0.2) is 15.8 Å². The van der Waals surface area contributed by atoms with Gasteiger partial charge in [-0.15, -0.1) is 0 Å². The van der Waals surface area contributed by atoms with Gasteiger partial charge < -0.3 is 15.9 Å². The van der Waals surface area contributed by atoms with E-state index in [1.165, 1.54) is 0 Å². The van der Waals surface area contributed by atoms with Crippen molar-refractivity contribution in [2.24, 2.45) is 5.73 Å². The minimum atomic E-state index is -0.735. The van der Waals surface area contributed by atoms with E-state index in [0.717, 1.165) is 25.3 Å². The third-order valence-corrected chi connectivity index (χ3v) is 3.78. The third kappa shape index (κ3) is 2.15. The zero-order valence-electron chi connectivity index (χ0n) is 8.63. The summed E-state index contributed by atoms with van der Waals surface area (Å²) in [6.45, 7) is 0. The van der Waals surface area contributed by atoms with Gasteiger partial charge in [-0.25, -0.2) is 4.39 Å². The molecule has 0 aliphatic heterocycles. The van der Waals surface area contributed by atoms with Gasteiger partial charge >= 0.3 is 0 Å². The number of aromatic hydroxyl groups is 2. The van der Waals surface area contributed by atoms with Crippen molar-refractivity contribution < 1.29 is 14.6 Å². The molecule has 0 bridgehead atoms. The molecule has 1 aliphatic carbocycles. The van der Waals surface area contributed by atoms with Crippen molar-refractivity contribution in [1.82, 2.24) is 0 Å². The number of halogens is 2. The maximum atomic E-state index is 13.2. The predicted octanol–water partition coefficient (Wildman–Crippen LogP) is 2.42. The molecule has 0 radical (unpaired) electrons. The third-order valence-electron chi connectivity index (χ3n) is 3.03. The zero-order valence-corrected chi connectivity index (χ0v) is 10.2. The fourth-order valence-electron chi connectivity index (χ4n) is 1.63. The highest BCUT2D eigenvalue weighted by molar-refractivity contribution is 9.10. The van der Waals surface area contributed by atoms with E-state index in [4.69, 9.17) is 5.73 Å². The molecule has 0 atom stereocenters. The van der Waals surface area contributed by atoms with Gasteiger partial charge in [0.05, 0.1) is 0 Å². The van der Waals surface area contributed by atoms with Crippen molar-refractivity contribution in [3.63, 3.8) is 0 Å². The van der Waals surface area contributed by atoms with Gasteiger partial charge in [0.15, 0.2) is 11.6 Å². The zero-order chi connectivity index (χ0) is 11.9. The minimum Gasteiger partial charge on any atom is -0.506 e. The number of aryl methyl sites for hydroxylation is 1. The summed E-state index contributed by atoms with van der Waals surface area (Å²) in [5.74, 6) is -1.40. The Kier molecular flexibility index (Phi) is 2.84. The van der Waals surface area contributed by atoms with Crippen molar-refractivity contribution in [3.05, 3.63) is 21.9 Å². The molecule has 0 aromatic heterocycles. The van der Waals surface area contributed by atoms with Crippen LogP contribution in [0, 0.1) is 5.82 Å². The standard InChI is InChI=1S/C11H13BrFNO2/c12-8-9(15)6(5-7(13)10(8)16)1-2-11(14)3-4-11/h5,15-16H,1-4,14H2. The van der Waals surface area contributed by atoms with E-state index in [-0.39, 0.29) is 15.8 Å². The fourth-order valence-corrected chi connectivity index (χ4v) is 2.08. The van der Waals surface area contributed by atoms with Crippen LogP contribution >= 0.6 is 15.9 Å². The highest BCUT2D eigenvalue weighted by Crippen LogP contribution is 2.41. The molecule has 0 amide bonds. The van der Waals surface area contributed by atoms with Crippen LogP contribution in [-0.2, 0) is 6.42 Å². The number of benzene rings is 1. The number of hydrogen-bond donors (Lipinski definition) is 3. The lowest BCUT2D eigenvalue weighted by Gasteiger charge is -2.11. The van der Waals surface area contributed by atoms with Crippen molar-refractivity contribution in [2.75, 3.05) is 0 Å². The van der Waals surface area contributed by atoms with Crippen LogP contribution in [0.15, 0.2) is 10.5 Å². The van der Waals surface area contributed by atoms with Gasteiger partial charge in [-0.2, -0.15) is 0 Å². The Morgan fingerprint density at radius 3 is 2.56 bits per heavy atom. The van der Waals surface area contributed by atoms with Crippen LogP contribution in [0.25, 0.3) is 0 Å². The van der Waals surface area contributed by atoms with Crippen molar-refractivity contribution >= 4 is 15.9 Å². The van der Waals surface area contributed by atoms with Crippen LogP contribution in [0.2, 0.25) is 0 Å². The number of phenolic OH excluding ortho intramolecular Hbond substituents is 2. The molecule has 4 N–H and O–H groups in total. The Balaban J connectivity index is 2.20. The molecule has 1 aromatic rings. The summed E-state index contributed by atoms with van der Waals surface area (Å²) in [4.78, 5) is 0. The first-order valence-electron chi connectivity index (χ1n) is 5.11. The lowest BCUT2D eigenvalue weighted by atomic mass is 10.0.